The Hall–Kier alpha value is -2.84. The number of rotatable bonds is 16. The third kappa shape index (κ3) is 8.88. The average Bonchev–Trinajstić information content (AvgIpc) is 3.35. The summed E-state index contributed by atoms with van der Waals surface area (Å²) in [5, 5.41) is 18.7. The molecule has 1 aromatic rings. The van der Waals surface area contributed by atoms with Crippen LogP contribution in [0.15, 0.2) is 78.6 Å². The molecule has 210 valence electrons. The Morgan fingerprint density at radius 1 is 1.32 bits per heavy atom. The standard InChI is InChI=1S/C30H47N5O2S/c1-10-11-14-19-33(38(9)29-18-13-12-16-28(29)35(36)37)22-26(32-23(2)21-30(5,6)7)25(4)34-20-15-17-27(34)24(3)31-8/h10,12-13,16,18,26-27,31-32H,1-4,9,11,14-15,17,19-22H2,5-8H3/t26-,27?,38?/m0/s1. The van der Waals surface area contributed by atoms with Crippen LogP contribution in [0.25, 0.3) is 0 Å². The van der Waals surface area contributed by atoms with E-state index < -0.39 is 10.7 Å². The summed E-state index contributed by atoms with van der Waals surface area (Å²) >= 11 is 0. The molecule has 0 aromatic heterocycles. The van der Waals surface area contributed by atoms with Crippen LogP contribution in [-0.4, -0.2) is 58.8 Å². The maximum absolute atomic E-state index is 11.8. The monoisotopic (exact) mass is 541 g/mol. The zero-order chi connectivity index (χ0) is 28.5. The van der Waals surface area contributed by atoms with Crippen molar-refractivity contribution in [2.45, 2.75) is 69.9 Å². The predicted octanol–water partition coefficient (Wildman–Crippen LogP) is 6.46. The minimum absolute atomic E-state index is 0.0808. The van der Waals surface area contributed by atoms with E-state index in [1.165, 1.54) is 0 Å². The van der Waals surface area contributed by atoms with E-state index in [1.807, 2.05) is 25.3 Å². The van der Waals surface area contributed by atoms with Gasteiger partial charge in [-0.2, -0.15) is 0 Å². The maximum atomic E-state index is 11.8. The summed E-state index contributed by atoms with van der Waals surface area (Å²) in [4.78, 5) is 14.5. The molecule has 1 aliphatic heterocycles. The molecule has 1 saturated heterocycles. The second-order valence-corrected chi connectivity index (χ2v) is 12.8. The Labute approximate surface area is 232 Å². The van der Waals surface area contributed by atoms with Crippen LogP contribution < -0.4 is 10.6 Å². The molecule has 3 atom stereocenters. The number of allylic oxidation sites excluding steroid dienone is 2. The van der Waals surface area contributed by atoms with Crippen LogP contribution >= 0.6 is 10.7 Å². The number of unbranched alkanes of at least 4 members (excludes halogenated alkanes) is 1. The SMILES string of the molecule is C=CCCCN(C[C@H](NC(=C)CC(C)(C)C)C(=C)N1CCCC1C(=C)NC)S(=C)c1ccccc1[N+](=O)[O-]. The molecule has 8 heteroatoms. The molecule has 7 nitrogen and oxygen atoms in total. The summed E-state index contributed by atoms with van der Waals surface area (Å²) in [6.07, 6.45) is 6.56. The fourth-order valence-electron chi connectivity index (χ4n) is 4.86. The molecule has 1 heterocycles. The second kappa shape index (κ2) is 14.4. The third-order valence-electron chi connectivity index (χ3n) is 6.70. The van der Waals surface area contributed by atoms with Gasteiger partial charge < -0.3 is 15.5 Å². The number of nitrogens with zero attached hydrogens (tertiary/aromatic N) is 3. The molecular weight excluding hydrogens is 494 g/mol. The van der Waals surface area contributed by atoms with Crippen molar-refractivity contribution >= 4 is 22.2 Å². The van der Waals surface area contributed by atoms with E-state index >= 15 is 0 Å². The van der Waals surface area contributed by atoms with Crippen molar-refractivity contribution in [3.05, 3.63) is 83.9 Å². The number of para-hydroxylation sites is 1. The first-order valence-electron chi connectivity index (χ1n) is 13.3. The third-order valence-corrected chi connectivity index (χ3v) is 8.51. The van der Waals surface area contributed by atoms with Gasteiger partial charge in [0.2, 0.25) is 0 Å². The van der Waals surface area contributed by atoms with Gasteiger partial charge in [0.25, 0.3) is 5.69 Å². The molecule has 1 fully saturated rings. The largest absolute Gasteiger partial charge is 0.390 e. The Morgan fingerprint density at radius 3 is 2.61 bits per heavy atom. The lowest BCUT2D eigenvalue weighted by Gasteiger charge is -2.38. The molecule has 38 heavy (non-hydrogen) atoms. The molecular formula is C30H47N5O2S. The molecule has 0 aliphatic carbocycles. The molecule has 0 radical (unpaired) electrons. The van der Waals surface area contributed by atoms with Crippen LogP contribution in [0.4, 0.5) is 5.69 Å². The number of likely N-dealkylation sites (N-methyl/N-ethyl adjacent to an activating group) is 1. The molecule has 2 rings (SSSR count). The van der Waals surface area contributed by atoms with E-state index in [9.17, 15) is 10.1 Å². The molecule has 0 amide bonds. The van der Waals surface area contributed by atoms with Gasteiger partial charge in [-0.3, -0.25) is 10.1 Å². The molecule has 0 bridgehead atoms. The molecule has 1 aromatic carbocycles. The first kappa shape index (κ1) is 31.4. The van der Waals surface area contributed by atoms with Crippen molar-refractivity contribution in [2.75, 3.05) is 26.7 Å². The van der Waals surface area contributed by atoms with Crippen molar-refractivity contribution in [3.8, 4) is 0 Å². The van der Waals surface area contributed by atoms with Crippen LogP contribution in [-0.2, 0) is 0 Å². The van der Waals surface area contributed by atoms with Gasteiger partial charge >= 0.3 is 0 Å². The average molecular weight is 542 g/mol. The van der Waals surface area contributed by atoms with Gasteiger partial charge in [-0.1, -0.05) is 75.3 Å². The van der Waals surface area contributed by atoms with Gasteiger partial charge in [0.05, 0.1) is 21.9 Å². The number of benzene rings is 1. The zero-order valence-electron chi connectivity index (χ0n) is 23.8. The second-order valence-electron chi connectivity index (χ2n) is 11.1. The normalized spacial score (nSPS) is 17.1. The number of nitro groups is 1. The predicted molar refractivity (Wildman–Crippen MR) is 164 cm³/mol. The molecule has 2 unspecified atom stereocenters. The van der Waals surface area contributed by atoms with Crippen molar-refractivity contribution in [1.82, 2.24) is 19.8 Å². The number of hydrogen-bond donors (Lipinski definition) is 2. The Kier molecular flexibility index (Phi) is 11.9. The molecule has 1 aliphatic rings. The van der Waals surface area contributed by atoms with Gasteiger partial charge in [0.1, 0.15) is 0 Å². The highest BCUT2D eigenvalue weighted by Crippen LogP contribution is 2.37. The van der Waals surface area contributed by atoms with E-state index in [0.29, 0.717) is 11.4 Å². The van der Waals surface area contributed by atoms with E-state index in [-0.39, 0.29) is 28.1 Å². The van der Waals surface area contributed by atoms with Crippen molar-refractivity contribution in [2.24, 2.45) is 5.41 Å². The van der Waals surface area contributed by atoms with Crippen LogP contribution in [0.1, 0.15) is 52.9 Å². The summed E-state index contributed by atoms with van der Waals surface area (Å²) in [6, 6.07) is 6.95. The van der Waals surface area contributed by atoms with Gasteiger partial charge in [-0.05, 0) is 43.6 Å². The van der Waals surface area contributed by atoms with Crippen LogP contribution in [0.2, 0.25) is 0 Å². The minimum Gasteiger partial charge on any atom is -0.390 e. The number of nitro benzene ring substituents is 1. The lowest BCUT2D eigenvalue weighted by atomic mass is 9.90. The van der Waals surface area contributed by atoms with Crippen LogP contribution in [0.3, 0.4) is 0 Å². The van der Waals surface area contributed by atoms with Gasteiger partial charge in [0, 0.05) is 49.8 Å². The summed E-state index contributed by atoms with van der Waals surface area (Å²) in [7, 11) is 1.16. The van der Waals surface area contributed by atoms with Gasteiger partial charge in [0.15, 0.2) is 0 Å². The van der Waals surface area contributed by atoms with E-state index in [2.05, 4.69) is 72.8 Å². The van der Waals surface area contributed by atoms with Crippen LogP contribution in [0, 0.1) is 15.5 Å². The van der Waals surface area contributed by atoms with Crippen LogP contribution in [0.5, 0.6) is 0 Å². The van der Waals surface area contributed by atoms with E-state index in [1.54, 1.807) is 12.1 Å². The summed E-state index contributed by atoms with van der Waals surface area (Å²) < 4.78 is 2.25. The number of hydrogen-bond acceptors (Lipinski definition) is 6. The van der Waals surface area contributed by atoms with E-state index in [0.717, 1.165) is 62.3 Å². The quantitative estimate of drug-likeness (QED) is 0.0823. The topological polar surface area (TPSA) is 73.7 Å². The van der Waals surface area contributed by atoms with Crippen molar-refractivity contribution < 1.29 is 4.92 Å². The highest BCUT2D eigenvalue weighted by Gasteiger charge is 2.32. The summed E-state index contributed by atoms with van der Waals surface area (Å²) in [6.45, 7) is 25.8. The highest BCUT2D eigenvalue weighted by molar-refractivity contribution is 8.12. The smallest absolute Gasteiger partial charge is 0.283 e. The highest BCUT2D eigenvalue weighted by atomic mass is 32.2. The lowest BCUT2D eigenvalue weighted by molar-refractivity contribution is -0.387. The molecule has 2 N–H and O–H groups in total. The Balaban J connectivity index is 2.43. The van der Waals surface area contributed by atoms with E-state index in [4.69, 9.17) is 0 Å². The van der Waals surface area contributed by atoms with Gasteiger partial charge in [-0.15, -0.1) is 6.58 Å². The minimum atomic E-state index is -0.750. The van der Waals surface area contributed by atoms with Crippen molar-refractivity contribution in [3.63, 3.8) is 0 Å². The summed E-state index contributed by atoms with van der Waals surface area (Å²) in [5.41, 5.74) is 3.09. The number of nitrogens with one attached hydrogen (secondary N) is 2. The fraction of sp³-hybridized carbons (Fsp3) is 0.500. The molecule has 0 saturated carbocycles. The van der Waals surface area contributed by atoms with Crippen molar-refractivity contribution in [1.29, 1.82) is 0 Å². The first-order valence-corrected chi connectivity index (χ1v) is 14.6. The lowest BCUT2D eigenvalue weighted by Crippen LogP contribution is -2.47. The van der Waals surface area contributed by atoms with Gasteiger partial charge in [-0.25, -0.2) is 4.31 Å². The fourth-order valence-corrected chi connectivity index (χ4v) is 6.44. The molecule has 0 spiro atoms. The maximum Gasteiger partial charge on any atom is 0.283 e. The summed E-state index contributed by atoms with van der Waals surface area (Å²) in [5.74, 6) is 4.44. The Morgan fingerprint density at radius 2 is 2.00 bits per heavy atom. The first-order chi connectivity index (χ1) is 17.9. The number of likely N-dealkylation sites (tertiary alicyclic amines) is 1. The Bertz CT molecular complexity index is 1050. The zero-order valence-corrected chi connectivity index (χ0v) is 24.6.